The van der Waals surface area contributed by atoms with Crippen LogP contribution in [0.4, 0.5) is 0 Å². The number of hydrogen-bond donors (Lipinski definition) is 0. The van der Waals surface area contributed by atoms with Gasteiger partial charge in [0.2, 0.25) is 0 Å². The average molecular weight is 336 g/mol. The lowest BCUT2D eigenvalue weighted by Gasteiger charge is -2.26. The van der Waals surface area contributed by atoms with E-state index in [0.29, 0.717) is 6.54 Å². The van der Waals surface area contributed by atoms with Gasteiger partial charge < -0.3 is 4.90 Å². The lowest BCUT2D eigenvalue weighted by Crippen LogP contribution is -2.29. The number of aryl methyl sites for hydroxylation is 1. The standard InChI is InChI=1S/C22H28N2O/c1-18-6-8-19(9-7-18)16-23(2)22(25)21-12-10-20(11-13-21)17-24-14-4-3-5-15-24/h6-13H,3-5,14-17H2,1-2H3. The Bertz CT molecular complexity index is 685. The average Bonchev–Trinajstić information content (AvgIpc) is 2.64. The molecule has 1 fully saturated rings. The Morgan fingerprint density at radius 3 is 2.16 bits per heavy atom. The van der Waals surface area contributed by atoms with Gasteiger partial charge >= 0.3 is 0 Å². The number of nitrogens with zero attached hydrogens (tertiary/aromatic N) is 2. The fourth-order valence-electron chi connectivity index (χ4n) is 3.39. The van der Waals surface area contributed by atoms with E-state index in [2.05, 4.69) is 48.2 Å². The summed E-state index contributed by atoms with van der Waals surface area (Å²) in [6, 6.07) is 16.5. The van der Waals surface area contributed by atoms with E-state index in [1.807, 2.05) is 19.2 Å². The predicted molar refractivity (Wildman–Crippen MR) is 103 cm³/mol. The summed E-state index contributed by atoms with van der Waals surface area (Å²) in [6.07, 6.45) is 3.97. The Balaban J connectivity index is 1.58. The first-order valence-electron chi connectivity index (χ1n) is 9.24. The second kappa shape index (κ2) is 8.30. The molecule has 0 spiro atoms. The van der Waals surface area contributed by atoms with Gasteiger partial charge in [-0.25, -0.2) is 0 Å². The minimum Gasteiger partial charge on any atom is -0.337 e. The molecular formula is C22H28N2O. The van der Waals surface area contributed by atoms with Crippen molar-refractivity contribution < 1.29 is 4.79 Å². The summed E-state index contributed by atoms with van der Waals surface area (Å²) in [7, 11) is 1.86. The summed E-state index contributed by atoms with van der Waals surface area (Å²) in [5, 5.41) is 0. The molecule has 2 aromatic rings. The molecular weight excluding hydrogens is 308 g/mol. The molecule has 132 valence electrons. The summed E-state index contributed by atoms with van der Waals surface area (Å²) in [6.45, 7) is 6.09. The van der Waals surface area contributed by atoms with Crippen molar-refractivity contribution in [3.63, 3.8) is 0 Å². The van der Waals surface area contributed by atoms with Crippen molar-refractivity contribution >= 4 is 5.91 Å². The normalized spacial score (nSPS) is 15.1. The number of rotatable bonds is 5. The molecule has 3 rings (SSSR count). The monoisotopic (exact) mass is 336 g/mol. The van der Waals surface area contributed by atoms with Crippen molar-refractivity contribution in [2.75, 3.05) is 20.1 Å². The number of hydrogen-bond acceptors (Lipinski definition) is 2. The molecule has 0 bridgehead atoms. The third-order valence-electron chi connectivity index (χ3n) is 4.94. The third kappa shape index (κ3) is 4.93. The molecule has 1 saturated heterocycles. The number of carbonyl (C=O) groups is 1. The molecule has 25 heavy (non-hydrogen) atoms. The van der Waals surface area contributed by atoms with E-state index in [-0.39, 0.29) is 5.91 Å². The van der Waals surface area contributed by atoms with Gasteiger partial charge in [-0.15, -0.1) is 0 Å². The van der Waals surface area contributed by atoms with E-state index >= 15 is 0 Å². The maximum Gasteiger partial charge on any atom is 0.253 e. The van der Waals surface area contributed by atoms with Crippen LogP contribution in [-0.4, -0.2) is 35.8 Å². The van der Waals surface area contributed by atoms with Crippen LogP contribution in [0, 0.1) is 6.92 Å². The highest BCUT2D eigenvalue weighted by Gasteiger charge is 2.13. The maximum absolute atomic E-state index is 12.6. The number of piperidine rings is 1. The summed E-state index contributed by atoms with van der Waals surface area (Å²) < 4.78 is 0. The molecule has 0 atom stereocenters. The first-order valence-corrected chi connectivity index (χ1v) is 9.24. The predicted octanol–water partition coefficient (Wildman–Crippen LogP) is 4.25. The first-order chi connectivity index (χ1) is 12.1. The van der Waals surface area contributed by atoms with Gasteiger partial charge in [0.05, 0.1) is 0 Å². The van der Waals surface area contributed by atoms with Crippen molar-refractivity contribution in [2.24, 2.45) is 0 Å². The van der Waals surface area contributed by atoms with E-state index in [4.69, 9.17) is 0 Å². The van der Waals surface area contributed by atoms with Crippen LogP contribution in [-0.2, 0) is 13.1 Å². The van der Waals surface area contributed by atoms with E-state index < -0.39 is 0 Å². The van der Waals surface area contributed by atoms with Crippen LogP contribution in [0.2, 0.25) is 0 Å². The molecule has 0 radical (unpaired) electrons. The van der Waals surface area contributed by atoms with Gasteiger partial charge in [-0.2, -0.15) is 0 Å². The Kier molecular flexibility index (Phi) is 5.87. The Labute approximate surface area is 151 Å². The van der Waals surface area contributed by atoms with Crippen LogP contribution < -0.4 is 0 Å². The number of amides is 1. The van der Waals surface area contributed by atoms with Crippen LogP contribution >= 0.6 is 0 Å². The van der Waals surface area contributed by atoms with E-state index in [9.17, 15) is 4.79 Å². The summed E-state index contributed by atoms with van der Waals surface area (Å²) >= 11 is 0. The van der Waals surface area contributed by atoms with Crippen LogP contribution in [0.5, 0.6) is 0 Å². The number of carbonyl (C=O) groups excluding carboxylic acids is 1. The van der Waals surface area contributed by atoms with Gasteiger partial charge in [0.1, 0.15) is 0 Å². The van der Waals surface area contributed by atoms with E-state index in [1.54, 1.807) is 4.90 Å². The molecule has 1 aliphatic heterocycles. The highest BCUT2D eigenvalue weighted by molar-refractivity contribution is 5.94. The Hall–Kier alpha value is -2.13. The molecule has 3 heteroatoms. The number of likely N-dealkylation sites (tertiary alicyclic amines) is 1. The molecule has 1 aliphatic rings. The van der Waals surface area contributed by atoms with Crippen LogP contribution in [0.15, 0.2) is 48.5 Å². The van der Waals surface area contributed by atoms with E-state index in [0.717, 1.165) is 17.7 Å². The van der Waals surface area contributed by atoms with Gasteiger partial charge in [-0.1, -0.05) is 48.4 Å². The largest absolute Gasteiger partial charge is 0.337 e. The van der Waals surface area contributed by atoms with Gasteiger partial charge in [0.15, 0.2) is 0 Å². The van der Waals surface area contributed by atoms with Crippen molar-refractivity contribution in [3.05, 3.63) is 70.8 Å². The zero-order chi connectivity index (χ0) is 17.6. The topological polar surface area (TPSA) is 23.6 Å². The first kappa shape index (κ1) is 17.7. The lowest BCUT2D eigenvalue weighted by molar-refractivity contribution is 0.0785. The van der Waals surface area contributed by atoms with Crippen molar-refractivity contribution in [3.8, 4) is 0 Å². The quantitative estimate of drug-likeness (QED) is 0.815. The van der Waals surface area contributed by atoms with Gasteiger partial charge in [0.25, 0.3) is 5.91 Å². The summed E-state index contributed by atoms with van der Waals surface area (Å²) in [5.41, 5.74) is 4.45. The summed E-state index contributed by atoms with van der Waals surface area (Å²) in [5.74, 6) is 0.0742. The molecule has 0 saturated carbocycles. The van der Waals surface area contributed by atoms with Crippen LogP contribution in [0.3, 0.4) is 0 Å². The molecule has 1 amide bonds. The molecule has 0 unspecified atom stereocenters. The minimum atomic E-state index is 0.0742. The minimum absolute atomic E-state index is 0.0742. The zero-order valence-corrected chi connectivity index (χ0v) is 15.4. The SMILES string of the molecule is Cc1ccc(CN(C)C(=O)c2ccc(CN3CCCCC3)cc2)cc1. The van der Waals surface area contributed by atoms with Gasteiger partial charge in [-0.05, 0) is 56.1 Å². The van der Waals surface area contributed by atoms with Crippen LogP contribution in [0.1, 0.15) is 46.3 Å². The van der Waals surface area contributed by atoms with Crippen molar-refractivity contribution in [1.82, 2.24) is 9.80 Å². The van der Waals surface area contributed by atoms with Gasteiger partial charge in [0, 0.05) is 25.7 Å². The van der Waals surface area contributed by atoms with Crippen LogP contribution in [0.25, 0.3) is 0 Å². The molecule has 2 aromatic carbocycles. The molecule has 3 nitrogen and oxygen atoms in total. The highest BCUT2D eigenvalue weighted by atomic mass is 16.2. The zero-order valence-electron chi connectivity index (χ0n) is 15.4. The molecule has 1 heterocycles. The fraction of sp³-hybridized carbons (Fsp3) is 0.409. The summed E-state index contributed by atoms with van der Waals surface area (Å²) in [4.78, 5) is 16.9. The second-order valence-corrected chi connectivity index (χ2v) is 7.18. The second-order valence-electron chi connectivity index (χ2n) is 7.18. The van der Waals surface area contributed by atoms with Crippen molar-refractivity contribution in [2.45, 2.75) is 39.3 Å². The Morgan fingerprint density at radius 1 is 0.920 bits per heavy atom. The molecule has 0 N–H and O–H groups in total. The molecule has 0 aromatic heterocycles. The maximum atomic E-state index is 12.6. The van der Waals surface area contributed by atoms with Crippen molar-refractivity contribution in [1.29, 1.82) is 0 Å². The lowest BCUT2D eigenvalue weighted by atomic mass is 10.1. The smallest absolute Gasteiger partial charge is 0.253 e. The Morgan fingerprint density at radius 2 is 1.52 bits per heavy atom. The number of benzene rings is 2. The van der Waals surface area contributed by atoms with E-state index in [1.165, 1.54) is 43.5 Å². The van der Waals surface area contributed by atoms with Gasteiger partial charge in [-0.3, -0.25) is 9.69 Å². The highest BCUT2D eigenvalue weighted by Crippen LogP contribution is 2.15. The fourth-order valence-corrected chi connectivity index (χ4v) is 3.39. The third-order valence-corrected chi connectivity index (χ3v) is 4.94. The molecule has 0 aliphatic carbocycles.